The van der Waals surface area contributed by atoms with Crippen molar-refractivity contribution in [3.05, 3.63) is 68.5 Å². The molecule has 8 heteroatoms. The molecule has 0 aliphatic carbocycles. The lowest BCUT2D eigenvalue weighted by molar-refractivity contribution is 0.558. The smallest absolute Gasteiger partial charge is 0.336 e. The van der Waals surface area contributed by atoms with Gasteiger partial charge in [-0.3, -0.25) is 0 Å². The van der Waals surface area contributed by atoms with Crippen LogP contribution in [0.1, 0.15) is 23.6 Å². The van der Waals surface area contributed by atoms with Crippen LogP contribution in [-0.4, -0.2) is 15.0 Å². The molecule has 146 valence electrons. The third-order valence-corrected chi connectivity index (χ3v) is 6.38. The molecule has 0 saturated carbocycles. The molecule has 0 fully saturated rings. The van der Waals surface area contributed by atoms with E-state index in [2.05, 4.69) is 0 Å². The minimum Gasteiger partial charge on any atom is -0.423 e. The molecule has 28 heavy (non-hydrogen) atoms. The van der Waals surface area contributed by atoms with E-state index in [1.807, 2.05) is 17.9 Å². The van der Waals surface area contributed by atoms with Crippen molar-refractivity contribution in [3.8, 4) is 0 Å². The van der Waals surface area contributed by atoms with Crippen molar-refractivity contribution in [2.75, 3.05) is 11.4 Å². The SMILES string of the molecule is CCc1cc2oc(=O)cc(CN3CCc4ccc(S(N)(=O)=O)cc43)c2cc1Cl. The molecule has 1 aliphatic rings. The lowest BCUT2D eigenvalue weighted by atomic mass is 10.1. The topological polar surface area (TPSA) is 93.6 Å². The van der Waals surface area contributed by atoms with Gasteiger partial charge in [0.1, 0.15) is 5.58 Å². The Bertz CT molecular complexity index is 1250. The Morgan fingerprint density at radius 2 is 1.96 bits per heavy atom. The summed E-state index contributed by atoms with van der Waals surface area (Å²) in [7, 11) is -3.78. The Morgan fingerprint density at radius 3 is 2.68 bits per heavy atom. The zero-order valence-corrected chi connectivity index (χ0v) is 16.8. The van der Waals surface area contributed by atoms with Crippen molar-refractivity contribution in [3.63, 3.8) is 0 Å². The number of fused-ring (bicyclic) bond motifs is 2. The van der Waals surface area contributed by atoms with E-state index in [4.69, 9.17) is 21.2 Å². The first-order valence-electron chi connectivity index (χ1n) is 8.92. The summed E-state index contributed by atoms with van der Waals surface area (Å²) in [5.74, 6) is 0. The van der Waals surface area contributed by atoms with E-state index in [1.165, 1.54) is 12.1 Å². The lowest BCUT2D eigenvalue weighted by Crippen LogP contribution is -2.21. The number of aryl methyl sites for hydroxylation is 1. The zero-order valence-electron chi connectivity index (χ0n) is 15.2. The van der Waals surface area contributed by atoms with E-state index < -0.39 is 15.6 Å². The molecule has 0 bridgehead atoms. The molecule has 0 amide bonds. The second-order valence-corrected chi connectivity index (χ2v) is 8.86. The van der Waals surface area contributed by atoms with Crippen molar-refractivity contribution in [2.45, 2.75) is 31.2 Å². The Balaban J connectivity index is 1.79. The highest BCUT2D eigenvalue weighted by molar-refractivity contribution is 7.89. The van der Waals surface area contributed by atoms with Crippen LogP contribution in [0.15, 0.2) is 50.5 Å². The van der Waals surface area contributed by atoms with Gasteiger partial charge in [-0.25, -0.2) is 18.4 Å². The van der Waals surface area contributed by atoms with Gasteiger partial charge in [-0.05, 0) is 53.8 Å². The average Bonchev–Trinajstić information content (AvgIpc) is 3.03. The lowest BCUT2D eigenvalue weighted by Gasteiger charge is -2.21. The summed E-state index contributed by atoms with van der Waals surface area (Å²) in [4.78, 5) is 14.2. The van der Waals surface area contributed by atoms with Gasteiger partial charge in [0.05, 0.1) is 4.90 Å². The Hall–Kier alpha value is -2.35. The van der Waals surface area contributed by atoms with Crippen molar-refractivity contribution in [1.29, 1.82) is 0 Å². The number of sulfonamides is 1. The third-order valence-electron chi connectivity index (χ3n) is 5.12. The molecule has 2 N–H and O–H groups in total. The summed E-state index contributed by atoms with van der Waals surface area (Å²) >= 11 is 6.37. The van der Waals surface area contributed by atoms with Gasteiger partial charge in [0.15, 0.2) is 0 Å². The van der Waals surface area contributed by atoms with Crippen LogP contribution in [0, 0.1) is 0 Å². The van der Waals surface area contributed by atoms with Crippen molar-refractivity contribution in [2.24, 2.45) is 5.14 Å². The van der Waals surface area contributed by atoms with Gasteiger partial charge in [0, 0.05) is 35.3 Å². The molecule has 4 rings (SSSR count). The number of primary sulfonamides is 1. The zero-order chi connectivity index (χ0) is 20.1. The van der Waals surface area contributed by atoms with Crippen LogP contribution in [-0.2, 0) is 29.4 Å². The normalized spacial score (nSPS) is 13.9. The number of nitrogens with zero attached hydrogens (tertiary/aromatic N) is 1. The van der Waals surface area contributed by atoms with E-state index in [9.17, 15) is 13.2 Å². The summed E-state index contributed by atoms with van der Waals surface area (Å²) in [6.45, 7) is 3.14. The largest absolute Gasteiger partial charge is 0.423 e. The second kappa shape index (κ2) is 6.92. The summed E-state index contributed by atoms with van der Waals surface area (Å²) in [5.41, 5.74) is 3.63. The Morgan fingerprint density at radius 1 is 1.18 bits per heavy atom. The molecule has 0 unspecified atom stereocenters. The predicted octanol–water partition coefficient (Wildman–Crippen LogP) is 3.22. The van der Waals surface area contributed by atoms with Crippen LogP contribution in [0.5, 0.6) is 0 Å². The molecular formula is C20H19ClN2O4S. The molecule has 6 nitrogen and oxygen atoms in total. The number of benzene rings is 2. The summed E-state index contributed by atoms with van der Waals surface area (Å²) in [6.07, 6.45) is 1.53. The molecule has 0 atom stereocenters. The predicted molar refractivity (Wildman–Crippen MR) is 109 cm³/mol. The third kappa shape index (κ3) is 3.41. The number of nitrogens with two attached hydrogens (primary N) is 1. The monoisotopic (exact) mass is 418 g/mol. The van der Waals surface area contributed by atoms with Gasteiger partial charge < -0.3 is 9.32 Å². The van der Waals surface area contributed by atoms with E-state index in [0.717, 1.165) is 40.6 Å². The van der Waals surface area contributed by atoms with Crippen molar-refractivity contribution < 1.29 is 12.8 Å². The standard InChI is InChI=1S/C20H19ClN2O4S/c1-2-12-7-19-16(10-17(12)21)14(8-20(24)27-19)11-23-6-5-13-3-4-15(9-18(13)23)28(22,25)26/h3-4,7-10H,2,5-6,11H2,1H3,(H2,22,25,26). The molecule has 1 aliphatic heterocycles. The second-order valence-electron chi connectivity index (χ2n) is 6.89. The molecule has 0 spiro atoms. The van der Waals surface area contributed by atoms with Gasteiger partial charge >= 0.3 is 5.63 Å². The highest BCUT2D eigenvalue weighted by Gasteiger charge is 2.23. The van der Waals surface area contributed by atoms with E-state index >= 15 is 0 Å². The number of halogens is 1. The molecule has 0 radical (unpaired) electrons. The first kappa shape index (κ1) is 19.0. The fraction of sp³-hybridized carbons (Fsp3) is 0.250. The van der Waals surface area contributed by atoms with Gasteiger partial charge in [-0.2, -0.15) is 0 Å². The van der Waals surface area contributed by atoms with Crippen LogP contribution in [0.3, 0.4) is 0 Å². The molecule has 1 aromatic heterocycles. The van der Waals surface area contributed by atoms with E-state index in [0.29, 0.717) is 23.7 Å². The van der Waals surface area contributed by atoms with Crippen LogP contribution in [0.25, 0.3) is 11.0 Å². The van der Waals surface area contributed by atoms with Gasteiger partial charge in [-0.1, -0.05) is 24.6 Å². The Labute approximate surface area is 167 Å². The first-order chi connectivity index (χ1) is 13.3. The van der Waals surface area contributed by atoms with Gasteiger partial charge in [0.25, 0.3) is 0 Å². The van der Waals surface area contributed by atoms with Crippen molar-refractivity contribution >= 4 is 38.3 Å². The van der Waals surface area contributed by atoms with Crippen LogP contribution < -0.4 is 15.7 Å². The molecule has 3 aromatic rings. The number of hydrogen-bond acceptors (Lipinski definition) is 5. The molecular weight excluding hydrogens is 400 g/mol. The maximum absolute atomic E-state index is 12.1. The quantitative estimate of drug-likeness (QED) is 0.656. The van der Waals surface area contributed by atoms with Crippen LogP contribution >= 0.6 is 11.6 Å². The average molecular weight is 419 g/mol. The maximum atomic E-state index is 12.1. The maximum Gasteiger partial charge on any atom is 0.336 e. The summed E-state index contributed by atoms with van der Waals surface area (Å²) in [5, 5.41) is 6.68. The number of rotatable bonds is 4. The minimum atomic E-state index is -3.78. The fourth-order valence-electron chi connectivity index (χ4n) is 3.66. The van der Waals surface area contributed by atoms with Crippen LogP contribution in [0.2, 0.25) is 5.02 Å². The number of anilines is 1. The van der Waals surface area contributed by atoms with Gasteiger partial charge in [0.2, 0.25) is 10.0 Å². The fourth-order valence-corrected chi connectivity index (χ4v) is 4.49. The summed E-state index contributed by atoms with van der Waals surface area (Å²) in [6, 6.07) is 10.00. The number of hydrogen-bond donors (Lipinski definition) is 1. The first-order valence-corrected chi connectivity index (χ1v) is 10.8. The van der Waals surface area contributed by atoms with Gasteiger partial charge in [-0.15, -0.1) is 0 Å². The molecule has 0 saturated heterocycles. The van der Waals surface area contributed by atoms with E-state index in [-0.39, 0.29) is 4.90 Å². The van der Waals surface area contributed by atoms with E-state index in [1.54, 1.807) is 18.2 Å². The summed E-state index contributed by atoms with van der Waals surface area (Å²) < 4.78 is 28.8. The molecule has 2 aromatic carbocycles. The minimum absolute atomic E-state index is 0.0752. The highest BCUT2D eigenvalue weighted by atomic mass is 35.5. The van der Waals surface area contributed by atoms with Crippen molar-refractivity contribution in [1.82, 2.24) is 0 Å². The van der Waals surface area contributed by atoms with Crippen LogP contribution in [0.4, 0.5) is 5.69 Å². The highest BCUT2D eigenvalue weighted by Crippen LogP contribution is 2.33. The molecule has 2 heterocycles. The Kier molecular flexibility index (Phi) is 4.69.